The van der Waals surface area contributed by atoms with E-state index in [1.54, 1.807) is 12.4 Å². The number of nitrogens with zero attached hydrogens (tertiary/aromatic N) is 1. The molecule has 96 valence electrons. The second-order valence-corrected chi connectivity index (χ2v) is 5.96. The van der Waals surface area contributed by atoms with Gasteiger partial charge in [0.05, 0.1) is 5.60 Å². The lowest BCUT2D eigenvalue weighted by molar-refractivity contribution is 0.0499. The molecule has 1 heterocycles. The van der Waals surface area contributed by atoms with Crippen LogP contribution in [0.2, 0.25) is 0 Å². The van der Waals surface area contributed by atoms with Crippen LogP contribution in [0.5, 0.6) is 0 Å². The van der Waals surface area contributed by atoms with Crippen molar-refractivity contribution in [3.63, 3.8) is 0 Å². The van der Waals surface area contributed by atoms with Gasteiger partial charge in [-0.3, -0.25) is 4.98 Å². The predicted molar refractivity (Wildman–Crippen MR) is 70.9 cm³/mol. The smallest absolute Gasteiger partial charge is 0.0672 e. The van der Waals surface area contributed by atoms with Gasteiger partial charge < -0.3 is 10.4 Å². The van der Waals surface area contributed by atoms with Crippen LogP contribution in [0.3, 0.4) is 0 Å². The van der Waals surface area contributed by atoms with Crippen molar-refractivity contribution >= 4 is 0 Å². The highest BCUT2D eigenvalue weighted by atomic mass is 16.3. The molecule has 3 heteroatoms. The number of aliphatic hydroxyl groups is 1. The van der Waals surface area contributed by atoms with Crippen molar-refractivity contribution in [1.29, 1.82) is 0 Å². The summed E-state index contributed by atoms with van der Waals surface area (Å²) in [6, 6.07) is 3.90. The molecule has 1 atom stereocenters. The van der Waals surface area contributed by atoms with E-state index >= 15 is 0 Å². The van der Waals surface area contributed by atoms with Crippen LogP contribution in [0.1, 0.15) is 39.7 Å². The highest BCUT2D eigenvalue weighted by molar-refractivity contribution is 5.12. The van der Waals surface area contributed by atoms with E-state index in [9.17, 15) is 5.11 Å². The third kappa shape index (κ3) is 6.39. The zero-order valence-corrected chi connectivity index (χ0v) is 11.3. The lowest BCUT2D eigenvalue weighted by atomic mass is 9.93. The second kappa shape index (κ2) is 5.61. The van der Waals surface area contributed by atoms with Crippen molar-refractivity contribution in [3.05, 3.63) is 30.1 Å². The number of hydrogen-bond donors (Lipinski definition) is 2. The molecule has 1 unspecified atom stereocenters. The van der Waals surface area contributed by atoms with Gasteiger partial charge in [-0.25, -0.2) is 0 Å². The molecule has 0 fully saturated rings. The number of nitrogens with one attached hydrogen (secondary N) is 1. The third-order valence-electron chi connectivity index (χ3n) is 2.65. The van der Waals surface area contributed by atoms with E-state index in [0.717, 1.165) is 18.5 Å². The average molecular weight is 236 g/mol. The second-order valence-electron chi connectivity index (χ2n) is 5.96. The minimum Gasteiger partial charge on any atom is -0.390 e. The Morgan fingerprint density at radius 2 is 1.76 bits per heavy atom. The molecule has 1 aromatic heterocycles. The van der Waals surface area contributed by atoms with Crippen LogP contribution in [0, 0.1) is 0 Å². The van der Waals surface area contributed by atoms with Gasteiger partial charge >= 0.3 is 0 Å². The molecule has 1 aromatic rings. The molecule has 0 aliphatic rings. The van der Waals surface area contributed by atoms with Crippen molar-refractivity contribution in [2.24, 2.45) is 0 Å². The van der Waals surface area contributed by atoms with Gasteiger partial charge in [0.1, 0.15) is 0 Å². The first kappa shape index (κ1) is 14.1. The van der Waals surface area contributed by atoms with Crippen LogP contribution in [0.15, 0.2) is 24.5 Å². The molecule has 0 bridgehead atoms. The first-order chi connectivity index (χ1) is 7.79. The van der Waals surface area contributed by atoms with Crippen LogP contribution in [0.4, 0.5) is 0 Å². The molecule has 0 saturated heterocycles. The summed E-state index contributed by atoms with van der Waals surface area (Å²) in [5.74, 6) is 0. The Kier molecular flexibility index (Phi) is 4.66. The van der Waals surface area contributed by atoms with Crippen LogP contribution in [-0.2, 0) is 6.42 Å². The summed E-state index contributed by atoms with van der Waals surface area (Å²) in [7, 11) is 0. The summed E-state index contributed by atoms with van der Waals surface area (Å²) < 4.78 is 0. The van der Waals surface area contributed by atoms with Crippen molar-refractivity contribution in [3.8, 4) is 0 Å². The van der Waals surface area contributed by atoms with Crippen LogP contribution in [0.25, 0.3) is 0 Å². The normalized spacial score (nSPS) is 15.6. The fourth-order valence-corrected chi connectivity index (χ4v) is 1.74. The maximum Gasteiger partial charge on any atom is 0.0672 e. The molecular weight excluding hydrogens is 212 g/mol. The lowest BCUT2D eigenvalue weighted by Gasteiger charge is -2.27. The Bertz CT molecular complexity index is 328. The first-order valence-corrected chi connectivity index (χ1v) is 6.15. The SMILES string of the molecule is CC(O)(CCNC(C)(C)C)Cc1ccncc1. The molecule has 1 rings (SSSR count). The minimum atomic E-state index is -0.667. The largest absolute Gasteiger partial charge is 0.390 e. The molecule has 0 saturated carbocycles. The van der Waals surface area contributed by atoms with Crippen LogP contribution < -0.4 is 5.32 Å². The van der Waals surface area contributed by atoms with Gasteiger partial charge in [0, 0.05) is 24.4 Å². The molecule has 2 N–H and O–H groups in total. The van der Waals surface area contributed by atoms with Gasteiger partial charge in [-0.15, -0.1) is 0 Å². The van der Waals surface area contributed by atoms with Gasteiger partial charge in [-0.2, -0.15) is 0 Å². The Hall–Kier alpha value is -0.930. The number of aromatic nitrogens is 1. The molecule has 0 aromatic carbocycles. The topological polar surface area (TPSA) is 45.1 Å². The van der Waals surface area contributed by atoms with Crippen LogP contribution in [-0.4, -0.2) is 27.8 Å². The lowest BCUT2D eigenvalue weighted by Crippen LogP contribution is -2.40. The Labute approximate surface area is 104 Å². The van der Waals surface area contributed by atoms with Gasteiger partial charge in [-0.05, 0) is 58.4 Å². The van der Waals surface area contributed by atoms with Crippen molar-refractivity contribution < 1.29 is 5.11 Å². The van der Waals surface area contributed by atoms with Crippen molar-refractivity contribution in [2.75, 3.05) is 6.54 Å². The maximum atomic E-state index is 10.3. The molecule has 3 nitrogen and oxygen atoms in total. The van der Waals surface area contributed by atoms with E-state index < -0.39 is 5.60 Å². The average Bonchev–Trinajstić information content (AvgIpc) is 2.15. The third-order valence-corrected chi connectivity index (χ3v) is 2.65. The molecule has 0 spiro atoms. The van der Waals surface area contributed by atoms with E-state index in [2.05, 4.69) is 31.1 Å². The summed E-state index contributed by atoms with van der Waals surface area (Å²) in [6.07, 6.45) is 4.94. The summed E-state index contributed by atoms with van der Waals surface area (Å²) in [5.41, 5.74) is 0.563. The van der Waals surface area contributed by atoms with Gasteiger partial charge in [0.2, 0.25) is 0 Å². The predicted octanol–water partition coefficient (Wildman–Crippen LogP) is 2.15. The van der Waals surface area contributed by atoms with E-state index in [1.165, 1.54) is 0 Å². The van der Waals surface area contributed by atoms with E-state index in [-0.39, 0.29) is 5.54 Å². The number of rotatable bonds is 5. The molecule has 0 aliphatic carbocycles. The Morgan fingerprint density at radius 1 is 1.18 bits per heavy atom. The Morgan fingerprint density at radius 3 is 2.29 bits per heavy atom. The summed E-state index contributed by atoms with van der Waals surface area (Å²) >= 11 is 0. The monoisotopic (exact) mass is 236 g/mol. The number of hydrogen-bond acceptors (Lipinski definition) is 3. The number of pyridine rings is 1. The fraction of sp³-hybridized carbons (Fsp3) is 0.643. The first-order valence-electron chi connectivity index (χ1n) is 6.15. The van der Waals surface area contributed by atoms with E-state index in [0.29, 0.717) is 6.42 Å². The fourth-order valence-electron chi connectivity index (χ4n) is 1.74. The van der Waals surface area contributed by atoms with Gasteiger partial charge in [0.15, 0.2) is 0 Å². The highest BCUT2D eigenvalue weighted by Crippen LogP contribution is 2.16. The molecule has 0 amide bonds. The van der Waals surface area contributed by atoms with Crippen molar-refractivity contribution in [1.82, 2.24) is 10.3 Å². The van der Waals surface area contributed by atoms with E-state index in [1.807, 2.05) is 19.1 Å². The van der Waals surface area contributed by atoms with Crippen LogP contribution >= 0.6 is 0 Å². The van der Waals surface area contributed by atoms with Gasteiger partial charge in [-0.1, -0.05) is 0 Å². The standard InChI is InChI=1S/C14H24N2O/c1-13(2,3)16-10-7-14(4,17)11-12-5-8-15-9-6-12/h5-6,8-9,16-17H,7,10-11H2,1-4H3. The zero-order valence-electron chi connectivity index (χ0n) is 11.3. The summed E-state index contributed by atoms with van der Waals surface area (Å²) in [5, 5.41) is 13.7. The summed E-state index contributed by atoms with van der Waals surface area (Å²) in [4.78, 5) is 3.98. The van der Waals surface area contributed by atoms with E-state index in [4.69, 9.17) is 0 Å². The zero-order chi connectivity index (χ0) is 12.9. The van der Waals surface area contributed by atoms with Gasteiger partial charge in [0.25, 0.3) is 0 Å². The quantitative estimate of drug-likeness (QED) is 0.823. The molecule has 0 aliphatic heterocycles. The molecular formula is C14H24N2O. The summed E-state index contributed by atoms with van der Waals surface area (Å²) in [6.45, 7) is 9.10. The highest BCUT2D eigenvalue weighted by Gasteiger charge is 2.21. The molecule has 17 heavy (non-hydrogen) atoms. The van der Waals surface area contributed by atoms with Crippen molar-refractivity contribution in [2.45, 2.75) is 51.7 Å². The molecule has 0 radical (unpaired) electrons. The minimum absolute atomic E-state index is 0.104. The Balaban J connectivity index is 2.41. The maximum absolute atomic E-state index is 10.3.